The summed E-state index contributed by atoms with van der Waals surface area (Å²) in [6.45, 7) is 1.98. The quantitative estimate of drug-likeness (QED) is 0.513. The maximum Gasteiger partial charge on any atom is 0.255 e. The second kappa shape index (κ2) is 8.02. The van der Waals surface area contributed by atoms with E-state index in [1.165, 1.54) is 0 Å². The first kappa shape index (κ1) is 17.3. The Hall–Kier alpha value is -2.55. The standard InChI is InChI=1S/C20H16N2OS2/c1-3-15-7-6-9-17(11-15)22-19(23)18-10-5-4-8-16(18)13-25-20-21-14(2)12-24-20/h1,4-12H,13H2,2H3,(H,22,23). The Morgan fingerprint density at radius 2 is 2.12 bits per heavy atom. The molecule has 3 nitrogen and oxygen atoms in total. The van der Waals surface area contributed by atoms with Crippen molar-refractivity contribution in [2.75, 3.05) is 5.32 Å². The molecule has 2 aromatic carbocycles. The second-order valence-corrected chi connectivity index (χ2v) is 7.46. The molecule has 0 unspecified atom stereocenters. The van der Waals surface area contributed by atoms with E-state index in [2.05, 4.69) is 16.2 Å². The van der Waals surface area contributed by atoms with Gasteiger partial charge in [0, 0.05) is 33.6 Å². The minimum atomic E-state index is -0.138. The molecule has 5 heteroatoms. The molecule has 0 saturated carbocycles. The number of aromatic nitrogens is 1. The van der Waals surface area contributed by atoms with E-state index in [-0.39, 0.29) is 5.91 Å². The maximum atomic E-state index is 12.7. The van der Waals surface area contributed by atoms with Gasteiger partial charge in [-0.3, -0.25) is 4.79 Å². The number of nitrogens with zero attached hydrogens (tertiary/aromatic N) is 1. The Balaban J connectivity index is 1.75. The summed E-state index contributed by atoms with van der Waals surface area (Å²) in [5.74, 6) is 3.13. The summed E-state index contributed by atoms with van der Waals surface area (Å²) in [5, 5.41) is 4.95. The van der Waals surface area contributed by atoms with Gasteiger partial charge in [0.25, 0.3) is 5.91 Å². The summed E-state index contributed by atoms with van der Waals surface area (Å²) in [4.78, 5) is 17.1. The van der Waals surface area contributed by atoms with Crippen LogP contribution in [-0.4, -0.2) is 10.9 Å². The molecule has 0 radical (unpaired) electrons. The van der Waals surface area contributed by atoms with Crippen LogP contribution in [0.1, 0.15) is 27.2 Å². The number of thiazole rings is 1. The third-order valence-electron chi connectivity index (χ3n) is 3.50. The first-order valence-electron chi connectivity index (χ1n) is 7.66. The number of terminal acetylenes is 1. The van der Waals surface area contributed by atoms with Gasteiger partial charge in [0.15, 0.2) is 0 Å². The van der Waals surface area contributed by atoms with Gasteiger partial charge in [-0.15, -0.1) is 17.8 Å². The average molecular weight is 364 g/mol. The lowest BCUT2D eigenvalue weighted by Crippen LogP contribution is -2.14. The third-order valence-corrected chi connectivity index (χ3v) is 5.69. The molecule has 0 aliphatic carbocycles. The number of carbonyl (C=O) groups excluding carboxylic acids is 1. The fraction of sp³-hybridized carbons (Fsp3) is 0.100. The number of thioether (sulfide) groups is 1. The minimum absolute atomic E-state index is 0.138. The van der Waals surface area contributed by atoms with Gasteiger partial charge in [0.2, 0.25) is 0 Å². The van der Waals surface area contributed by atoms with E-state index in [9.17, 15) is 4.79 Å². The highest BCUT2D eigenvalue weighted by atomic mass is 32.2. The van der Waals surface area contributed by atoms with Gasteiger partial charge in [-0.1, -0.05) is 41.9 Å². The Morgan fingerprint density at radius 1 is 1.28 bits per heavy atom. The first-order valence-corrected chi connectivity index (χ1v) is 9.53. The molecule has 124 valence electrons. The van der Waals surface area contributed by atoms with Gasteiger partial charge in [0.05, 0.1) is 0 Å². The zero-order valence-electron chi connectivity index (χ0n) is 13.7. The fourth-order valence-corrected chi connectivity index (χ4v) is 4.14. The van der Waals surface area contributed by atoms with Crippen LogP contribution in [0.15, 0.2) is 58.3 Å². The first-order chi connectivity index (χ1) is 12.2. The van der Waals surface area contributed by atoms with Crippen LogP contribution in [0.5, 0.6) is 0 Å². The number of carbonyl (C=O) groups is 1. The molecule has 0 bridgehead atoms. The molecular formula is C20H16N2OS2. The van der Waals surface area contributed by atoms with Crippen molar-refractivity contribution >= 4 is 34.7 Å². The predicted molar refractivity (Wildman–Crippen MR) is 105 cm³/mol. The average Bonchev–Trinajstić information content (AvgIpc) is 3.05. The molecule has 0 fully saturated rings. The van der Waals surface area contributed by atoms with Gasteiger partial charge in [-0.25, -0.2) is 4.98 Å². The molecule has 3 aromatic rings. The number of hydrogen-bond donors (Lipinski definition) is 1. The molecule has 25 heavy (non-hydrogen) atoms. The molecular weight excluding hydrogens is 348 g/mol. The Labute approximate surface area is 155 Å². The summed E-state index contributed by atoms with van der Waals surface area (Å²) >= 11 is 3.26. The van der Waals surface area contributed by atoms with Crippen molar-refractivity contribution < 1.29 is 4.79 Å². The van der Waals surface area contributed by atoms with E-state index in [0.717, 1.165) is 21.2 Å². The lowest BCUT2D eigenvalue weighted by molar-refractivity contribution is 0.102. The zero-order valence-corrected chi connectivity index (χ0v) is 15.3. The number of aryl methyl sites for hydroxylation is 1. The Bertz CT molecular complexity index is 941. The van der Waals surface area contributed by atoms with E-state index in [1.54, 1.807) is 29.2 Å². The minimum Gasteiger partial charge on any atom is -0.322 e. The van der Waals surface area contributed by atoms with E-state index in [1.807, 2.05) is 54.8 Å². The smallest absolute Gasteiger partial charge is 0.255 e. The Morgan fingerprint density at radius 3 is 2.88 bits per heavy atom. The van der Waals surface area contributed by atoms with Crippen molar-refractivity contribution in [2.45, 2.75) is 17.0 Å². The number of rotatable bonds is 5. The summed E-state index contributed by atoms with van der Waals surface area (Å²) in [6.07, 6.45) is 5.41. The van der Waals surface area contributed by atoms with E-state index < -0.39 is 0 Å². The van der Waals surface area contributed by atoms with Crippen LogP contribution in [-0.2, 0) is 5.75 Å². The van der Waals surface area contributed by atoms with Crippen LogP contribution < -0.4 is 5.32 Å². The van der Waals surface area contributed by atoms with Crippen LogP contribution in [0, 0.1) is 19.3 Å². The molecule has 0 aliphatic rings. The number of amides is 1. The van der Waals surface area contributed by atoms with Crippen LogP contribution in [0.25, 0.3) is 0 Å². The van der Waals surface area contributed by atoms with E-state index in [0.29, 0.717) is 17.0 Å². The predicted octanol–water partition coefficient (Wildman–Crippen LogP) is 4.98. The lowest BCUT2D eigenvalue weighted by Gasteiger charge is -2.10. The number of nitrogens with one attached hydrogen (secondary N) is 1. The van der Waals surface area contributed by atoms with Crippen LogP contribution in [0.3, 0.4) is 0 Å². The van der Waals surface area contributed by atoms with Crippen molar-refractivity contribution in [3.63, 3.8) is 0 Å². The summed E-state index contributed by atoms with van der Waals surface area (Å²) in [5.41, 5.74) is 4.09. The van der Waals surface area contributed by atoms with Gasteiger partial charge in [0.1, 0.15) is 4.34 Å². The number of hydrogen-bond acceptors (Lipinski definition) is 4. The summed E-state index contributed by atoms with van der Waals surface area (Å²) in [7, 11) is 0. The Kier molecular flexibility index (Phi) is 5.54. The molecule has 0 saturated heterocycles. The molecule has 0 aliphatic heterocycles. The largest absolute Gasteiger partial charge is 0.322 e. The van der Waals surface area contributed by atoms with Crippen LogP contribution in [0.2, 0.25) is 0 Å². The van der Waals surface area contributed by atoms with Crippen molar-refractivity contribution in [3.8, 4) is 12.3 Å². The molecule has 1 heterocycles. The van der Waals surface area contributed by atoms with Gasteiger partial charge < -0.3 is 5.32 Å². The van der Waals surface area contributed by atoms with E-state index >= 15 is 0 Å². The van der Waals surface area contributed by atoms with Crippen LogP contribution in [0.4, 0.5) is 5.69 Å². The second-order valence-electron chi connectivity index (χ2n) is 5.38. The SMILES string of the molecule is C#Cc1cccc(NC(=O)c2ccccc2CSc2nc(C)cs2)c1. The normalized spacial score (nSPS) is 10.2. The highest BCUT2D eigenvalue weighted by Crippen LogP contribution is 2.27. The van der Waals surface area contributed by atoms with Crippen molar-refractivity contribution in [2.24, 2.45) is 0 Å². The fourth-order valence-electron chi connectivity index (χ4n) is 2.29. The summed E-state index contributed by atoms with van der Waals surface area (Å²) in [6, 6.07) is 14.9. The number of anilines is 1. The van der Waals surface area contributed by atoms with Crippen molar-refractivity contribution in [1.29, 1.82) is 0 Å². The van der Waals surface area contributed by atoms with Crippen LogP contribution >= 0.6 is 23.1 Å². The molecule has 3 rings (SSSR count). The van der Waals surface area contributed by atoms with Gasteiger partial charge >= 0.3 is 0 Å². The highest BCUT2D eigenvalue weighted by molar-refractivity contribution is 8.00. The van der Waals surface area contributed by atoms with Gasteiger partial charge in [-0.2, -0.15) is 0 Å². The topological polar surface area (TPSA) is 42.0 Å². The lowest BCUT2D eigenvalue weighted by atomic mass is 10.1. The monoisotopic (exact) mass is 364 g/mol. The molecule has 1 amide bonds. The molecule has 1 N–H and O–H groups in total. The van der Waals surface area contributed by atoms with Gasteiger partial charge in [-0.05, 0) is 36.8 Å². The van der Waals surface area contributed by atoms with E-state index in [4.69, 9.17) is 6.42 Å². The summed E-state index contributed by atoms with van der Waals surface area (Å²) < 4.78 is 1.01. The maximum absolute atomic E-state index is 12.7. The molecule has 0 atom stereocenters. The third kappa shape index (κ3) is 4.50. The molecule has 0 spiro atoms. The number of benzene rings is 2. The highest BCUT2D eigenvalue weighted by Gasteiger charge is 2.12. The molecule has 1 aromatic heterocycles. The zero-order chi connectivity index (χ0) is 17.6. The van der Waals surface area contributed by atoms with Crippen molar-refractivity contribution in [3.05, 3.63) is 76.3 Å². The van der Waals surface area contributed by atoms with Crippen molar-refractivity contribution in [1.82, 2.24) is 4.98 Å².